The number of aromatic amines is 1. The number of halogens is 3. The normalized spacial score (nSPS) is 14.6. The Morgan fingerprint density at radius 3 is 2.77 bits per heavy atom. The summed E-state index contributed by atoms with van der Waals surface area (Å²) in [5, 5.41) is 29.2. The van der Waals surface area contributed by atoms with Crippen molar-refractivity contribution in [1.29, 1.82) is 5.26 Å². The molecule has 1 aromatic heterocycles. The van der Waals surface area contributed by atoms with Crippen molar-refractivity contribution in [3.8, 4) is 11.9 Å². The highest BCUT2D eigenvalue weighted by molar-refractivity contribution is 6.31. The van der Waals surface area contributed by atoms with E-state index in [1.807, 2.05) is 0 Å². The molecule has 31 heavy (non-hydrogen) atoms. The molecule has 10 heteroatoms. The highest BCUT2D eigenvalue weighted by Crippen LogP contribution is 2.38. The maximum absolute atomic E-state index is 14.1. The minimum absolute atomic E-state index is 0.0118. The third-order valence-electron chi connectivity index (χ3n) is 4.93. The maximum Gasteiger partial charge on any atom is 0.329 e. The molecule has 2 aromatic carbocycles. The third kappa shape index (κ3) is 3.42. The molecule has 3 N–H and O–H groups in total. The van der Waals surface area contributed by atoms with Gasteiger partial charge in [0.25, 0.3) is 0 Å². The van der Waals surface area contributed by atoms with Crippen LogP contribution < -0.4 is 5.69 Å². The molecule has 1 atom stereocenters. The zero-order chi connectivity index (χ0) is 22.3. The van der Waals surface area contributed by atoms with E-state index in [2.05, 4.69) is 9.98 Å². The number of fused-ring (bicyclic) bond motifs is 1. The number of aliphatic hydroxyl groups is 1. The van der Waals surface area contributed by atoms with Gasteiger partial charge in [-0.3, -0.25) is 9.56 Å². The van der Waals surface area contributed by atoms with Crippen LogP contribution in [-0.4, -0.2) is 32.6 Å². The number of nitriles is 1. The van der Waals surface area contributed by atoms with Crippen molar-refractivity contribution in [2.24, 2.45) is 4.99 Å². The summed E-state index contributed by atoms with van der Waals surface area (Å²) in [5.74, 6) is -2.02. The molecule has 0 saturated carbocycles. The van der Waals surface area contributed by atoms with Gasteiger partial charge in [-0.05, 0) is 29.8 Å². The van der Waals surface area contributed by atoms with E-state index in [0.29, 0.717) is 11.1 Å². The zero-order valence-corrected chi connectivity index (χ0v) is 16.4. The van der Waals surface area contributed by atoms with Gasteiger partial charge < -0.3 is 15.2 Å². The molecule has 0 radical (unpaired) electrons. The first kappa shape index (κ1) is 20.5. The molecule has 1 aliphatic heterocycles. The molecule has 0 fully saturated rings. The minimum Gasteiger partial charge on any atom is -0.493 e. The number of aliphatic imine (C=N–C) groups is 1. The summed E-state index contributed by atoms with van der Waals surface area (Å²) < 4.78 is 29.0. The Kier molecular flexibility index (Phi) is 5.19. The summed E-state index contributed by atoms with van der Waals surface area (Å²) in [6, 6.07) is 7.12. The molecule has 4 rings (SSSR count). The summed E-state index contributed by atoms with van der Waals surface area (Å²) in [6.07, 6.45) is 2.75. The summed E-state index contributed by atoms with van der Waals surface area (Å²) in [5.41, 5.74) is 0.0956. The summed E-state index contributed by atoms with van der Waals surface area (Å²) in [4.78, 5) is 19.0. The van der Waals surface area contributed by atoms with Crippen LogP contribution in [0.25, 0.3) is 11.6 Å². The molecular weight excluding hydrogens is 430 g/mol. The monoisotopic (exact) mass is 442 g/mol. The standard InChI is InChI=1S/C21H13ClF2N4O3/c22-14-4-3-13-12(8-26-19(13)18(14)24)6-16-20(30)28(21(31)27-16)17(9-29)10-1-2-11(7-25)15(23)5-10/h1-6,8,17,29-30H,9H2,(H,27,31). The van der Waals surface area contributed by atoms with Crippen molar-refractivity contribution in [3.05, 3.63) is 79.9 Å². The number of allylic oxidation sites excluding steroid dienone is 1. The van der Waals surface area contributed by atoms with E-state index in [4.69, 9.17) is 16.9 Å². The van der Waals surface area contributed by atoms with Gasteiger partial charge in [-0.25, -0.2) is 13.6 Å². The Balaban J connectivity index is 1.77. The van der Waals surface area contributed by atoms with Crippen molar-refractivity contribution in [2.45, 2.75) is 6.04 Å². The average molecular weight is 443 g/mol. The molecule has 0 saturated heterocycles. The molecule has 0 spiro atoms. The second-order valence-electron chi connectivity index (χ2n) is 6.70. The van der Waals surface area contributed by atoms with Crippen LogP contribution in [0.4, 0.5) is 14.5 Å². The number of hydrogen-bond donors (Lipinski definition) is 3. The van der Waals surface area contributed by atoms with E-state index >= 15 is 0 Å². The van der Waals surface area contributed by atoms with E-state index in [1.54, 1.807) is 12.1 Å². The molecule has 1 aliphatic rings. The number of benzene rings is 2. The number of aromatic hydroxyl groups is 1. The van der Waals surface area contributed by atoms with Gasteiger partial charge in [-0.15, -0.1) is 0 Å². The number of hydrogen-bond acceptors (Lipinski definition) is 5. The first-order chi connectivity index (χ1) is 14.8. The molecule has 156 valence electrons. The summed E-state index contributed by atoms with van der Waals surface area (Å²) >= 11 is 5.76. The Hall–Kier alpha value is -3.74. The van der Waals surface area contributed by atoms with Gasteiger partial charge in [0.05, 0.1) is 23.2 Å². The summed E-state index contributed by atoms with van der Waals surface area (Å²) in [7, 11) is 0. The number of rotatable bonds is 4. The lowest BCUT2D eigenvalue weighted by Gasteiger charge is -2.16. The second-order valence-corrected chi connectivity index (χ2v) is 7.11. The first-order valence-electron chi connectivity index (χ1n) is 8.93. The number of imidazole rings is 1. The Morgan fingerprint density at radius 1 is 1.32 bits per heavy atom. The van der Waals surface area contributed by atoms with Crippen LogP contribution in [0.5, 0.6) is 5.88 Å². The predicted molar refractivity (Wildman–Crippen MR) is 110 cm³/mol. The van der Waals surface area contributed by atoms with Crippen LogP contribution in [0.15, 0.2) is 40.1 Å². The van der Waals surface area contributed by atoms with Crippen molar-refractivity contribution in [3.63, 3.8) is 0 Å². The highest BCUT2D eigenvalue weighted by Gasteiger charge is 2.24. The smallest absolute Gasteiger partial charge is 0.329 e. The fourth-order valence-corrected chi connectivity index (χ4v) is 3.54. The van der Waals surface area contributed by atoms with Crippen LogP contribution in [-0.2, 0) is 0 Å². The summed E-state index contributed by atoms with van der Waals surface area (Å²) in [6.45, 7) is -0.624. The molecule has 3 aromatic rings. The molecule has 2 heterocycles. The predicted octanol–water partition coefficient (Wildman–Crippen LogP) is 3.52. The number of H-pyrrole nitrogens is 1. The van der Waals surface area contributed by atoms with E-state index in [-0.39, 0.29) is 27.5 Å². The van der Waals surface area contributed by atoms with Gasteiger partial charge in [0.2, 0.25) is 5.88 Å². The van der Waals surface area contributed by atoms with Gasteiger partial charge in [0, 0.05) is 17.4 Å². The van der Waals surface area contributed by atoms with E-state index in [0.717, 1.165) is 10.6 Å². The minimum atomic E-state index is -1.11. The third-order valence-corrected chi connectivity index (χ3v) is 5.22. The number of aliphatic hydroxyl groups excluding tert-OH is 1. The molecule has 0 bridgehead atoms. The van der Waals surface area contributed by atoms with Crippen LogP contribution in [0.1, 0.15) is 28.4 Å². The first-order valence-corrected chi connectivity index (χ1v) is 9.31. The lowest BCUT2D eigenvalue weighted by atomic mass is 10.0. The zero-order valence-electron chi connectivity index (χ0n) is 15.6. The Morgan fingerprint density at radius 2 is 2.10 bits per heavy atom. The van der Waals surface area contributed by atoms with Crippen LogP contribution in [0.3, 0.4) is 0 Å². The molecular formula is C21H13ClF2N4O3. The van der Waals surface area contributed by atoms with E-state index in [9.17, 15) is 23.8 Å². The SMILES string of the molecule is N#Cc1ccc(C(CO)n2c(O)c(C=C3C=Nc4c3ccc(Cl)c4F)[nH]c2=O)cc1F. The fourth-order valence-electron chi connectivity index (χ4n) is 3.39. The van der Waals surface area contributed by atoms with Gasteiger partial charge in [-0.2, -0.15) is 5.26 Å². The lowest BCUT2D eigenvalue weighted by Crippen LogP contribution is -2.25. The van der Waals surface area contributed by atoms with Gasteiger partial charge in [0.1, 0.15) is 23.3 Å². The van der Waals surface area contributed by atoms with Crippen LogP contribution >= 0.6 is 11.6 Å². The molecule has 7 nitrogen and oxygen atoms in total. The largest absolute Gasteiger partial charge is 0.493 e. The van der Waals surface area contributed by atoms with Gasteiger partial charge in [-0.1, -0.05) is 23.7 Å². The van der Waals surface area contributed by atoms with Crippen molar-refractivity contribution < 1.29 is 19.0 Å². The van der Waals surface area contributed by atoms with Crippen molar-refractivity contribution in [1.82, 2.24) is 9.55 Å². The maximum atomic E-state index is 14.1. The van der Waals surface area contributed by atoms with Crippen molar-refractivity contribution >= 4 is 35.2 Å². The topological polar surface area (TPSA) is 114 Å². The van der Waals surface area contributed by atoms with Gasteiger partial charge in [0.15, 0.2) is 5.82 Å². The molecule has 0 amide bonds. The number of nitrogens with one attached hydrogen (secondary N) is 1. The number of nitrogens with zero attached hydrogens (tertiary/aromatic N) is 3. The van der Waals surface area contributed by atoms with Crippen LogP contribution in [0, 0.1) is 23.0 Å². The van der Waals surface area contributed by atoms with E-state index < -0.39 is 35.9 Å². The second kappa shape index (κ2) is 7.83. The van der Waals surface area contributed by atoms with E-state index in [1.165, 1.54) is 30.5 Å². The fraction of sp³-hybridized carbons (Fsp3) is 0.0952. The quantitative estimate of drug-likeness (QED) is 0.573. The Labute approximate surface area is 178 Å². The lowest BCUT2D eigenvalue weighted by molar-refractivity contribution is 0.237. The Bertz CT molecular complexity index is 1370. The van der Waals surface area contributed by atoms with Gasteiger partial charge >= 0.3 is 5.69 Å². The average Bonchev–Trinajstić information content (AvgIpc) is 3.28. The molecule has 0 aliphatic carbocycles. The number of aromatic nitrogens is 2. The highest BCUT2D eigenvalue weighted by atomic mass is 35.5. The van der Waals surface area contributed by atoms with Crippen molar-refractivity contribution in [2.75, 3.05) is 6.61 Å². The van der Waals surface area contributed by atoms with Crippen LogP contribution in [0.2, 0.25) is 5.02 Å². The molecule has 1 unspecified atom stereocenters.